The molecule has 0 aliphatic carbocycles. The van der Waals surface area contributed by atoms with Crippen molar-refractivity contribution in [3.05, 3.63) is 88.2 Å². The summed E-state index contributed by atoms with van der Waals surface area (Å²) in [4.78, 5) is 29.7. The average Bonchev–Trinajstić information content (AvgIpc) is 2.62. The van der Waals surface area contributed by atoms with Crippen molar-refractivity contribution in [3.63, 3.8) is 0 Å². The average molecular weight is 345 g/mol. The van der Waals surface area contributed by atoms with Crippen LogP contribution in [-0.4, -0.2) is 16.6 Å². The second kappa shape index (κ2) is 6.80. The van der Waals surface area contributed by atoms with Gasteiger partial charge in [-0.25, -0.2) is 4.98 Å². The minimum atomic E-state index is -0.347. The Kier molecular flexibility index (Phi) is 4.54. The van der Waals surface area contributed by atoms with Crippen LogP contribution in [0.4, 0.5) is 11.4 Å². The summed E-state index contributed by atoms with van der Waals surface area (Å²) in [6.45, 7) is 3.87. The third kappa shape index (κ3) is 3.32. The van der Waals surface area contributed by atoms with E-state index in [1.807, 2.05) is 38.1 Å². The molecule has 0 amide bonds. The van der Waals surface area contributed by atoms with Gasteiger partial charge in [0, 0.05) is 11.1 Å². The zero-order valence-corrected chi connectivity index (χ0v) is 14.6. The Bertz CT molecular complexity index is 912. The molecule has 5 heteroatoms. The highest BCUT2D eigenvalue weighted by Crippen LogP contribution is 2.23. The number of carbonyl (C=O) groups excluding carboxylic acids is 2. The lowest BCUT2D eigenvalue weighted by Gasteiger charge is -2.10. The van der Waals surface area contributed by atoms with Gasteiger partial charge in [-0.1, -0.05) is 59.7 Å². The number of hydrogen-bond acceptors (Lipinski definition) is 5. The van der Waals surface area contributed by atoms with Gasteiger partial charge in [0.25, 0.3) is 0 Å². The molecule has 0 aliphatic heterocycles. The summed E-state index contributed by atoms with van der Waals surface area (Å²) < 4.78 is 0. The molecular weight excluding hydrogens is 326 g/mol. The Morgan fingerprint density at radius 3 is 1.38 bits per heavy atom. The molecule has 0 aliphatic rings. The number of ketones is 2. The molecule has 0 bridgehead atoms. The first-order valence-corrected chi connectivity index (χ1v) is 8.15. The summed E-state index contributed by atoms with van der Waals surface area (Å²) in [5, 5.41) is 0. The van der Waals surface area contributed by atoms with Crippen molar-refractivity contribution in [3.8, 4) is 0 Å². The van der Waals surface area contributed by atoms with E-state index in [4.69, 9.17) is 11.5 Å². The van der Waals surface area contributed by atoms with Gasteiger partial charge in [-0.05, 0) is 19.9 Å². The van der Waals surface area contributed by atoms with E-state index < -0.39 is 0 Å². The van der Waals surface area contributed by atoms with Crippen LogP contribution in [0.15, 0.2) is 54.6 Å². The Morgan fingerprint density at radius 1 is 0.692 bits per heavy atom. The fourth-order valence-corrected chi connectivity index (χ4v) is 2.59. The number of anilines is 2. The summed E-state index contributed by atoms with van der Waals surface area (Å²) in [5.74, 6) is -0.694. The molecule has 1 aromatic heterocycles. The zero-order valence-electron chi connectivity index (χ0n) is 14.6. The summed E-state index contributed by atoms with van der Waals surface area (Å²) in [5.41, 5.74) is 15.2. The topological polar surface area (TPSA) is 99.1 Å². The van der Waals surface area contributed by atoms with E-state index in [2.05, 4.69) is 4.98 Å². The van der Waals surface area contributed by atoms with Gasteiger partial charge in [0.1, 0.15) is 11.4 Å². The molecular formula is C21H19N3O2. The van der Waals surface area contributed by atoms with E-state index in [0.717, 1.165) is 11.1 Å². The highest BCUT2D eigenvalue weighted by molar-refractivity contribution is 6.14. The molecule has 5 nitrogen and oxygen atoms in total. The molecule has 3 rings (SSSR count). The summed E-state index contributed by atoms with van der Waals surface area (Å²) >= 11 is 0. The van der Waals surface area contributed by atoms with E-state index >= 15 is 0 Å². The first-order chi connectivity index (χ1) is 12.4. The van der Waals surface area contributed by atoms with Crippen LogP contribution in [0.5, 0.6) is 0 Å². The van der Waals surface area contributed by atoms with Crippen LogP contribution in [-0.2, 0) is 0 Å². The molecule has 0 unspecified atom stereocenters. The van der Waals surface area contributed by atoms with Crippen LogP contribution in [0.3, 0.4) is 0 Å². The lowest BCUT2D eigenvalue weighted by molar-refractivity contribution is 0.103. The minimum absolute atomic E-state index is 0.0264. The smallest absolute Gasteiger partial charge is 0.213 e. The van der Waals surface area contributed by atoms with Crippen molar-refractivity contribution in [2.45, 2.75) is 13.8 Å². The van der Waals surface area contributed by atoms with Crippen LogP contribution >= 0.6 is 0 Å². The SMILES string of the molecule is Cc1ccc(C(=O)c2nc(C(=O)c3ccc(C)cc3)c(N)cc2N)cc1. The van der Waals surface area contributed by atoms with Crippen molar-refractivity contribution in [2.24, 2.45) is 0 Å². The number of aryl methyl sites for hydroxylation is 2. The van der Waals surface area contributed by atoms with Crippen molar-refractivity contribution in [2.75, 3.05) is 11.5 Å². The summed E-state index contributed by atoms with van der Waals surface area (Å²) in [6, 6.07) is 15.6. The predicted octanol–water partition coefficient (Wildman–Crippen LogP) is 3.32. The molecule has 4 N–H and O–H groups in total. The first kappa shape index (κ1) is 17.4. The number of pyridine rings is 1. The number of rotatable bonds is 4. The Hall–Kier alpha value is -3.47. The van der Waals surface area contributed by atoms with Gasteiger partial charge in [0.15, 0.2) is 0 Å². The van der Waals surface area contributed by atoms with Crippen LogP contribution in [0.2, 0.25) is 0 Å². The van der Waals surface area contributed by atoms with Crippen molar-refractivity contribution in [1.82, 2.24) is 4.98 Å². The van der Waals surface area contributed by atoms with Gasteiger partial charge in [0.05, 0.1) is 11.4 Å². The van der Waals surface area contributed by atoms with Gasteiger partial charge in [-0.2, -0.15) is 0 Å². The van der Waals surface area contributed by atoms with E-state index in [-0.39, 0.29) is 34.3 Å². The predicted molar refractivity (Wildman–Crippen MR) is 102 cm³/mol. The highest BCUT2D eigenvalue weighted by atomic mass is 16.1. The monoisotopic (exact) mass is 345 g/mol. The quantitative estimate of drug-likeness (QED) is 0.707. The molecule has 0 fully saturated rings. The lowest BCUT2D eigenvalue weighted by atomic mass is 10.0. The van der Waals surface area contributed by atoms with E-state index in [1.165, 1.54) is 6.07 Å². The molecule has 0 spiro atoms. The van der Waals surface area contributed by atoms with Crippen LogP contribution < -0.4 is 11.5 Å². The van der Waals surface area contributed by atoms with Crippen LogP contribution in [0, 0.1) is 13.8 Å². The van der Waals surface area contributed by atoms with E-state index in [1.54, 1.807) is 24.3 Å². The maximum absolute atomic E-state index is 12.8. The van der Waals surface area contributed by atoms with Gasteiger partial charge >= 0.3 is 0 Å². The minimum Gasteiger partial charge on any atom is -0.397 e. The van der Waals surface area contributed by atoms with Crippen molar-refractivity contribution in [1.29, 1.82) is 0 Å². The molecule has 0 radical (unpaired) electrons. The fraction of sp³-hybridized carbons (Fsp3) is 0.0952. The Balaban J connectivity index is 2.04. The number of nitrogens with two attached hydrogens (primary N) is 2. The fourth-order valence-electron chi connectivity index (χ4n) is 2.59. The zero-order chi connectivity index (χ0) is 18.8. The maximum atomic E-state index is 12.8. The van der Waals surface area contributed by atoms with Crippen molar-refractivity contribution >= 4 is 22.9 Å². The van der Waals surface area contributed by atoms with Gasteiger partial charge in [-0.15, -0.1) is 0 Å². The number of aromatic nitrogens is 1. The summed E-state index contributed by atoms with van der Waals surface area (Å²) in [6.07, 6.45) is 0. The van der Waals surface area contributed by atoms with E-state index in [9.17, 15) is 9.59 Å². The third-order valence-electron chi connectivity index (χ3n) is 4.14. The van der Waals surface area contributed by atoms with Gasteiger partial charge < -0.3 is 11.5 Å². The standard InChI is InChI=1S/C21H19N3O2/c1-12-3-7-14(8-4-12)20(25)18-16(22)11-17(23)19(24-18)21(26)15-9-5-13(2)6-10-15/h3-11H,22-23H2,1-2H3. The number of nitrogen functional groups attached to an aromatic ring is 2. The molecule has 2 aromatic carbocycles. The maximum Gasteiger partial charge on any atom is 0.213 e. The Labute approximate surface area is 151 Å². The Morgan fingerprint density at radius 2 is 1.04 bits per heavy atom. The molecule has 0 saturated heterocycles. The third-order valence-corrected chi connectivity index (χ3v) is 4.14. The van der Waals surface area contributed by atoms with Gasteiger partial charge in [0.2, 0.25) is 11.6 Å². The lowest BCUT2D eigenvalue weighted by Crippen LogP contribution is -2.15. The normalized spacial score (nSPS) is 10.5. The van der Waals surface area contributed by atoms with E-state index in [0.29, 0.717) is 11.1 Å². The van der Waals surface area contributed by atoms with Gasteiger partial charge in [-0.3, -0.25) is 9.59 Å². The first-order valence-electron chi connectivity index (χ1n) is 8.15. The molecule has 0 atom stereocenters. The number of benzene rings is 2. The molecule has 3 aromatic rings. The second-order valence-electron chi connectivity index (χ2n) is 6.25. The highest BCUT2D eigenvalue weighted by Gasteiger charge is 2.21. The molecule has 0 saturated carbocycles. The number of hydrogen-bond donors (Lipinski definition) is 2. The van der Waals surface area contributed by atoms with Crippen LogP contribution in [0.1, 0.15) is 43.2 Å². The number of nitrogens with zero attached hydrogens (tertiary/aromatic N) is 1. The molecule has 130 valence electrons. The molecule has 26 heavy (non-hydrogen) atoms. The van der Waals surface area contributed by atoms with Crippen LogP contribution in [0.25, 0.3) is 0 Å². The van der Waals surface area contributed by atoms with Crippen molar-refractivity contribution < 1.29 is 9.59 Å². The molecule has 1 heterocycles. The second-order valence-corrected chi connectivity index (χ2v) is 6.25. The largest absolute Gasteiger partial charge is 0.397 e. The summed E-state index contributed by atoms with van der Waals surface area (Å²) in [7, 11) is 0. The number of carbonyl (C=O) groups is 2.